The van der Waals surface area contributed by atoms with E-state index in [9.17, 15) is 18.0 Å². The minimum Gasteiger partial charge on any atom is -0.366 e. The first-order valence-corrected chi connectivity index (χ1v) is 5.77. The SMILES string of the molecule is Cl.O=C(Nc1cccc(C(F)(F)F)c1)C1CNCCO1. The second kappa shape index (κ2) is 6.92. The summed E-state index contributed by atoms with van der Waals surface area (Å²) in [4.78, 5) is 11.8. The fourth-order valence-electron chi connectivity index (χ4n) is 1.73. The molecule has 1 aliphatic heterocycles. The molecule has 0 saturated carbocycles. The van der Waals surface area contributed by atoms with Crippen molar-refractivity contribution in [2.75, 3.05) is 25.0 Å². The minimum absolute atomic E-state index is 0. The van der Waals surface area contributed by atoms with Gasteiger partial charge in [-0.25, -0.2) is 0 Å². The van der Waals surface area contributed by atoms with Crippen molar-refractivity contribution in [3.8, 4) is 0 Å². The molecule has 1 fully saturated rings. The minimum atomic E-state index is -4.43. The number of benzene rings is 1. The maximum absolute atomic E-state index is 12.5. The van der Waals surface area contributed by atoms with Crippen LogP contribution < -0.4 is 10.6 Å². The number of hydrogen-bond donors (Lipinski definition) is 2. The Morgan fingerprint density at radius 3 is 2.75 bits per heavy atom. The molecule has 2 N–H and O–H groups in total. The molecule has 112 valence electrons. The number of halogens is 4. The highest BCUT2D eigenvalue weighted by Gasteiger charge is 2.30. The van der Waals surface area contributed by atoms with Gasteiger partial charge in [0.2, 0.25) is 0 Å². The normalized spacial score (nSPS) is 19.1. The molecule has 20 heavy (non-hydrogen) atoms. The van der Waals surface area contributed by atoms with Gasteiger partial charge in [-0.2, -0.15) is 13.2 Å². The van der Waals surface area contributed by atoms with E-state index in [-0.39, 0.29) is 18.1 Å². The van der Waals surface area contributed by atoms with E-state index >= 15 is 0 Å². The molecule has 0 aromatic heterocycles. The van der Waals surface area contributed by atoms with Gasteiger partial charge < -0.3 is 15.4 Å². The van der Waals surface area contributed by atoms with Crippen molar-refractivity contribution < 1.29 is 22.7 Å². The van der Waals surface area contributed by atoms with Gasteiger partial charge in [-0.05, 0) is 18.2 Å². The largest absolute Gasteiger partial charge is 0.416 e. The zero-order chi connectivity index (χ0) is 13.9. The number of rotatable bonds is 2. The highest BCUT2D eigenvalue weighted by Crippen LogP contribution is 2.30. The standard InChI is InChI=1S/C12H13F3N2O2.ClH/c13-12(14,15)8-2-1-3-9(6-8)17-11(18)10-7-16-4-5-19-10;/h1-3,6,10,16H,4-5,7H2,(H,17,18);1H. The third-order valence-corrected chi connectivity index (χ3v) is 2.68. The Balaban J connectivity index is 0.00000200. The number of nitrogens with one attached hydrogen (secondary N) is 2. The van der Waals surface area contributed by atoms with E-state index in [1.807, 2.05) is 0 Å². The number of amides is 1. The maximum atomic E-state index is 12.5. The highest BCUT2D eigenvalue weighted by atomic mass is 35.5. The molecule has 4 nitrogen and oxygen atoms in total. The number of carbonyl (C=O) groups is 1. The van der Waals surface area contributed by atoms with Crippen LogP contribution in [0.4, 0.5) is 18.9 Å². The highest BCUT2D eigenvalue weighted by molar-refractivity contribution is 5.94. The molecule has 1 aromatic carbocycles. The van der Waals surface area contributed by atoms with Crippen LogP contribution in [0.15, 0.2) is 24.3 Å². The zero-order valence-corrected chi connectivity index (χ0v) is 11.2. The maximum Gasteiger partial charge on any atom is 0.416 e. The van der Waals surface area contributed by atoms with E-state index in [0.717, 1.165) is 12.1 Å². The molecular formula is C12H14ClF3N2O2. The van der Waals surface area contributed by atoms with Crippen LogP contribution in [-0.4, -0.2) is 31.7 Å². The Kier molecular flexibility index (Phi) is 5.79. The van der Waals surface area contributed by atoms with E-state index in [0.29, 0.717) is 19.7 Å². The Morgan fingerprint density at radius 1 is 1.40 bits per heavy atom. The summed E-state index contributed by atoms with van der Waals surface area (Å²) in [7, 11) is 0. The summed E-state index contributed by atoms with van der Waals surface area (Å²) in [5.41, 5.74) is -0.693. The first kappa shape index (κ1) is 16.7. The van der Waals surface area contributed by atoms with Crippen LogP contribution >= 0.6 is 12.4 Å². The van der Waals surface area contributed by atoms with Crippen molar-refractivity contribution in [3.63, 3.8) is 0 Å². The first-order chi connectivity index (χ1) is 8.97. The fourth-order valence-corrected chi connectivity index (χ4v) is 1.73. The topological polar surface area (TPSA) is 50.4 Å². The van der Waals surface area contributed by atoms with Gasteiger partial charge in [0, 0.05) is 18.8 Å². The van der Waals surface area contributed by atoms with Gasteiger partial charge in [0.25, 0.3) is 5.91 Å². The van der Waals surface area contributed by atoms with Crippen molar-refractivity contribution in [1.29, 1.82) is 0 Å². The molecule has 0 bridgehead atoms. The average Bonchev–Trinajstić information content (AvgIpc) is 2.39. The van der Waals surface area contributed by atoms with Crippen LogP contribution in [0.2, 0.25) is 0 Å². The lowest BCUT2D eigenvalue weighted by atomic mass is 10.2. The third kappa shape index (κ3) is 4.36. The molecule has 1 saturated heterocycles. The van der Waals surface area contributed by atoms with Gasteiger partial charge in [-0.15, -0.1) is 12.4 Å². The monoisotopic (exact) mass is 310 g/mol. The smallest absolute Gasteiger partial charge is 0.366 e. The second-order valence-corrected chi connectivity index (χ2v) is 4.13. The lowest BCUT2D eigenvalue weighted by Gasteiger charge is -2.22. The zero-order valence-electron chi connectivity index (χ0n) is 10.4. The molecule has 1 amide bonds. The van der Waals surface area contributed by atoms with Crippen molar-refractivity contribution >= 4 is 24.0 Å². The van der Waals surface area contributed by atoms with E-state index in [4.69, 9.17) is 4.74 Å². The molecule has 0 spiro atoms. The Morgan fingerprint density at radius 2 is 2.15 bits per heavy atom. The Hall–Kier alpha value is -1.31. The van der Waals surface area contributed by atoms with Crippen LogP contribution in [0.1, 0.15) is 5.56 Å². The van der Waals surface area contributed by atoms with Gasteiger partial charge in [-0.1, -0.05) is 6.07 Å². The van der Waals surface area contributed by atoms with Crippen LogP contribution in [0.25, 0.3) is 0 Å². The van der Waals surface area contributed by atoms with Crippen molar-refractivity contribution in [2.45, 2.75) is 12.3 Å². The number of hydrogen-bond acceptors (Lipinski definition) is 3. The molecule has 2 rings (SSSR count). The molecule has 1 heterocycles. The molecular weight excluding hydrogens is 297 g/mol. The second-order valence-electron chi connectivity index (χ2n) is 4.13. The van der Waals surface area contributed by atoms with Crippen LogP contribution in [-0.2, 0) is 15.7 Å². The van der Waals surface area contributed by atoms with E-state index < -0.39 is 23.8 Å². The third-order valence-electron chi connectivity index (χ3n) is 2.68. The molecule has 1 aromatic rings. The lowest BCUT2D eigenvalue weighted by molar-refractivity contribution is -0.137. The molecule has 1 unspecified atom stereocenters. The Bertz CT molecular complexity index is 462. The summed E-state index contributed by atoms with van der Waals surface area (Å²) < 4.78 is 42.8. The Labute approximate surface area is 120 Å². The van der Waals surface area contributed by atoms with Gasteiger partial charge in [0.15, 0.2) is 0 Å². The molecule has 8 heteroatoms. The van der Waals surface area contributed by atoms with Crippen LogP contribution in [0.3, 0.4) is 0 Å². The number of alkyl halides is 3. The van der Waals surface area contributed by atoms with Crippen molar-refractivity contribution in [1.82, 2.24) is 5.32 Å². The van der Waals surface area contributed by atoms with Crippen LogP contribution in [0, 0.1) is 0 Å². The van der Waals surface area contributed by atoms with Gasteiger partial charge in [0.1, 0.15) is 6.10 Å². The van der Waals surface area contributed by atoms with Gasteiger partial charge in [-0.3, -0.25) is 4.79 Å². The summed E-state index contributed by atoms with van der Waals surface area (Å²) in [5, 5.41) is 5.39. The summed E-state index contributed by atoms with van der Waals surface area (Å²) in [5.74, 6) is -0.452. The number of ether oxygens (including phenoxy) is 1. The van der Waals surface area contributed by atoms with Gasteiger partial charge >= 0.3 is 6.18 Å². The first-order valence-electron chi connectivity index (χ1n) is 5.77. The molecule has 0 radical (unpaired) electrons. The van der Waals surface area contributed by atoms with Crippen LogP contribution in [0.5, 0.6) is 0 Å². The van der Waals surface area contributed by atoms with Gasteiger partial charge in [0.05, 0.1) is 12.2 Å². The summed E-state index contributed by atoms with van der Waals surface area (Å²) >= 11 is 0. The summed E-state index contributed by atoms with van der Waals surface area (Å²) in [6.07, 6.45) is -5.10. The molecule has 0 aliphatic carbocycles. The predicted molar refractivity (Wildman–Crippen MR) is 69.9 cm³/mol. The predicted octanol–water partition coefficient (Wildman–Crippen LogP) is 2.05. The number of anilines is 1. The average molecular weight is 311 g/mol. The quantitative estimate of drug-likeness (QED) is 0.879. The number of morpholine rings is 1. The van der Waals surface area contributed by atoms with E-state index in [1.54, 1.807) is 0 Å². The lowest BCUT2D eigenvalue weighted by Crippen LogP contribution is -2.45. The van der Waals surface area contributed by atoms with E-state index in [1.165, 1.54) is 12.1 Å². The fraction of sp³-hybridized carbons (Fsp3) is 0.417. The van der Waals surface area contributed by atoms with E-state index in [2.05, 4.69) is 10.6 Å². The molecule has 1 atom stereocenters. The van der Waals surface area contributed by atoms with Crippen molar-refractivity contribution in [3.05, 3.63) is 29.8 Å². The summed E-state index contributed by atoms with van der Waals surface area (Å²) in [6.45, 7) is 1.42. The summed E-state index contributed by atoms with van der Waals surface area (Å²) in [6, 6.07) is 4.50. The molecule has 1 aliphatic rings. The number of carbonyl (C=O) groups excluding carboxylic acids is 1. The van der Waals surface area contributed by atoms with Crippen molar-refractivity contribution in [2.24, 2.45) is 0 Å².